The van der Waals surface area contributed by atoms with Crippen LogP contribution >= 0.6 is 0 Å². The van der Waals surface area contributed by atoms with E-state index >= 15 is 0 Å². The molecule has 0 bridgehead atoms. The molecule has 0 aliphatic rings. The zero-order valence-electron chi connectivity index (χ0n) is 13.3. The van der Waals surface area contributed by atoms with Crippen molar-refractivity contribution < 1.29 is 33.5 Å². The lowest BCUT2D eigenvalue weighted by Crippen LogP contribution is -2.68. The highest BCUT2D eigenvalue weighted by Gasteiger charge is 1.88. The van der Waals surface area contributed by atoms with E-state index in [9.17, 15) is 0 Å². The van der Waals surface area contributed by atoms with Crippen molar-refractivity contribution in [3.05, 3.63) is 36.2 Å². The van der Waals surface area contributed by atoms with Gasteiger partial charge in [0, 0.05) is 34.3 Å². The fraction of sp³-hybridized carbons (Fsp3) is 0.462. The molecule has 0 fully saturated rings. The molecule has 0 N–H and O–H groups in total. The number of allylic oxidation sites excluding steroid dienone is 4. The van der Waals surface area contributed by atoms with Crippen LogP contribution in [0.5, 0.6) is 0 Å². The Hall–Kier alpha value is -1.38. The average molecular weight is 322 g/mol. The number of rotatable bonds is 5. The summed E-state index contributed by atoms with van der Waals surface area (Å²) in [4.78, 5) is 4.04. The fourth-order valence-electron chi connectivity index (χ4n) is 0.872. The molecule has 0 aromatic carbocycles. The predicted octanol–water partition coefficient (Wildman–Crippen LogP) is -3.35. The van der Waals surface area contributed by atoms with E-state index in [1.807, 2.05) is 75.3 Å². The molecule has 8 heteroatoms. The molecular weight excluding hydrogens is 298 g/mol. The average Bonchev–Trinajstić information content (AvgIpc) is 2.24. The molecule has 7 nitrogen and oxygen atoms in total. The quantitative estimate of drug-likeness (QED) is 0.298. The Bertz CT molecular complexity index is 367. The third-order valence-corrected chi connectivity index (χ3v) is 1.70. The van der Waals surface area contributed by atoms with Gasteiger partial charge in [-0.25, -0.2) is 23.2 Å². The first-order chi connectivity index (χ1) is 9.41. The van der Waals surface area contributed by atoms with Gasteiger partial charge in [0.1, 0.15) is 14.1 Å². The van der Waals surface area contributed by atoms with Gasteiger partial charge in [-0.1, -0.05) is 0 Å². The molecule has 0 radical (unpaired) electrons. The molecule has 0 saturated heterocycles. The maximum Gasteiger partial charge on any atom is 0.163 e. The summed E-state index contributed by atoms with van der Waals surface area (Å²) in [5, 5.41) is 0. The highest BCUT2D eigenvalue weighted by Crippen LogP contribution is 1.99. The van der Waals surface area contributed by atoms with E-state index in [0.29, 0.717) is 0 Å². The third-order valence-electron chi connectivity index (χ3n) is 1.70. The minimum Gasteiger partial charge on any atom is -0.383 e. The predicted molar refractivity (Wildman–Crippen MR) is 71.9 cm³/mol. The van der Waals surface area contributed by atoms with Crippen LogP contribution in [0.15, 0.2) is 36.2 Å². The van der Waals surface area contributed by atoms with Gasteiger partial charge < -0.3 is 9.80 Å². The second kappa shape index (κ2) is 11.3. The number of hydrogen-bond acceptors (Lipinski definition) is 6. The van der Waals surface area contributed by atoms with Crippen molar-refractivity contribution in [2.45, 2.75) is 0 Å². The maximum atomic E-state index is 8.49. The molecule has 0 saturated carbocycles. The molecule has 0 rings (SSSR count). The standard InChI is InChI=1S/C13H24N3.ClHO4/c1-14(2)10-7-13(8-11-15(3)4)9-12-16(5)6;2-1(3,4)5/h7-12H,1-6H3;(H,2,3,4,5)/q+1;/p-1. The molecule has 0 aromatic heterocycles. The van der Waals surface area contributed by atoms with Crippen LogP contribution in [0.4, 0.5) is 0 Å². The van der Waals surface area contributed by atoms with Gasteiger partial charge in [0.05, 0.1) is 0 Å². The van der Waals surface area contributed by atoms with Gasteiger partial charge in [-0.3, -0.25) is 0 Å². The van der Waals surface area contributed by atoms with Crippen LogP contribution in [-0.4, -0.2) is 62.9 Å². The summed E-state index contributed by atoms with van der Waals surface area (Å²) in [6.07, 6.45) is 12.4. The first-order valence-electron chi connectivity index (χ1n) is 5.94. The smallest absolute Gasteiger partial charge is 0.163 e. The monoisotopic (exact) mass is 321 g/mol. The first kappa shape index (κ1) is 21.9. The summed E-state index contributed by atoms with van der Waals surface area (Å²) < 4.78 is 36.0. The number of halogens is 1. The SMILES string of the molecule is CN(C)/C=C/C(=CC=[N+](C)C)/C=C/N(C)C.[O-][Cl+3]([O-])([O-])[O-]. The van der Waals surface area contributed by atoms with Crippen LogP contribution in [0, 0.1) is 10.2 Å². The van der Waals surface area contributed by atoms with E-state index in [2.05, 4.69) is 18.2 Å². The molecule has 0 aliphatic carbocycles. The lowest BCUT2D eigenvalue weighted by molar-refractivity contribution is -2.00. The van der Waals surface area contributed by atoms with Crippen molar-refractivity contribution in [1.29, 1.82) is 0 Å². The molecule has 0 heterocycles. The van der Waals surface area contributed by atoms with Crippen molar-refractivity contribution in [2.24, 2.45) is 0 Å². The normalized spacial score (nSPS) is 11.0. The van der Waals surface area contributed by atoms with E-state index in [1.54, 1.807) is 0 Å². The largest absolute Gasteiger partial charge is 0.383 e. The van der Waals surface area contributed by atoms with Gasteiger partial charge in [0.2, 0.25) is 0 Å². The van der Waals surface area contributed by atoms with Gasteiger partial charge in [0.15, 0.2) is 6.21 Å². The number of hydrogen-bond donors (Lipinski definition) is 0. The van der Waals surface area contributed by atoms with Crippen LogP contribution in [-0.2, 0) is 0 Å². The summed E-state index contributed by atoms with van der Waals surface area (Å²) in [5.74, 6) is 0. The Balaban J connectivity index is 0. The van der Waals surface area contributed by atoms with Gasteiger partial charge in [-0.15, -0.1) is 10.2 Å². The summed E-state index contributed by atoms with van der Waals surface area (Å²) in [6, 6.07) is 0. The molecule has 122 valence electrons. The zero-order valence-corrected chi connectivity index (χ0v) is 14.1. The second-order valence-corrected chi connectivity index (χ2v) is 5.47. The molecule has 0 atom stereocenters. The summed E-state index contributed by atoms with van der Waals surface area (Å²) in [7, 11) is 7.14. The minimum absolute atomic E-state index is 1.16. The first-order valence-corrected chi connectivity index (χ1v) is 7.18. The highest BCUT2D eigenvalue weighted by atomic mass is 35.7. The van der Waals surface area contributed by atoms with Crippen molar-refractivity contribution >= 4 is 6.21 Å². The molecular formula is C13H24ClN3O4. The molecule has 0 spiro atoms. The van der Waals surface area contributed by atoms with Crippen LogP contribution in [0.2, 0.25) is 0 Å². The summed E-state index contributed by atoms with van der Waals surface area (Å²) >= 11 is 0. The van der Waals surface area contributed by atoms with Gasteiger partial charge in [-0.2, -0.15) is 0 Å². The van der Waals surface area contributed by atoms with E-state index in [4.69, 9.17) is 18.6 Å². The maximum absolute atomic E-state index is 8.49. The topological polar surface area (TPSA) is 102 Å². The van der Waals surface area contributed by atoms with Crippen LogP contribution in [0.1, 0.15) is 0 Å². The van der Waals surface area contributed by atoms with E-state index in [-0.39, 0.29) is 0 Å². The fourth-order valence-corrected chi connectivity index (χ4v) is 0.872. The molecule has 0 aliphatic heterocycles. The second-order valence-electron chi connectivity index (χ2n) is 4.72. The Labute approximate surface area is 128 Å². The highest BCUT2D eigenvalue weighted by molar-refractivity contribution is 5.69. The molecule has 21 heavy (non-hydrogen) atoms. The van der Waals surface area contributed by atoms with E-state index < -0.39 is 10.2 Å². The molecule has 0 aromatic rings. The molecule has 0 amide bonds. The van der Waals surface area contributed by atoms with Crippen molar-refractivity contribution in [3.8, 4) is 0 Å². The van der Waals surface area contributed by atoms with Crippen LogP contribution < -0.4 is 18.6 Å². The summed E-state index contributed by atoms with van der Waals surface area (Å²) in [6.45, 7) is 0. The summed E-state index contributed by atoms with van der Waals surface area (Å²) in [5.41, 5.74) is 1.16. The van der Waals surface area contributed by atoms with Gasteiger partial charge in [0.25, 0.3) is 0 Å². The van der Waals surface area contributed by atoms with Crippen molar-refractivity contribution in [2.75, 3.05) is 42.3 Å². The van der Waals surface area contributed by atoms with Gasteiger partial charge in [-0.05, 0) is 30.1 Å². The zero-order chi connectivity index (χ0) is 17.1. The van der Waals surface area contributed by atoms with Gasteiger partial charge >= 0.3 is 0 Å². The Morgan fingerprint density at radius 2 is 1.19 bits per heavy atom. The lowest BCUT2D eigenvalue weighted by atomic mass is 10.2. The Kier molecular flexibility index (Phi) is 11.8. The van der Waals surface area contributed by atoms with Crippen molar-refractivity contribution in [3.63, 3.8) is 0 Å². The Morgan fingerprint density at radius 3 is 1.43 bits per heavy atom. The minimum atomic E-state index is -4.94. The lowest BCUT2D eigenvalue weighted by Gasteiger charge is -2.17. The molecule has 0 unspecified atom stereocenters. The number of nitrogens with zero attached hydrogens (tertiary/aromatic N) is 3. The third kappa shape index (κ3) is 27.7. The van der Waals surface area contributed by atoms with E-state index in [0.717, 1.165) is 5.57 Å². The van der Waals surface area contributed by atoms with Crippen LogP contribution in [0.25, 0.3) is 0 Å². The van der Waals surface area contributed by atoms with Crippen molar-refractivity contribution in [1.82, 2.24) is 9.80 Å². The van der Waals surface area contributed by atoms with E-state index in [1.165, 1.54) is 0 Å². The van der Waals surface area contributed by atoms with Crippen LogP contribution in [0.3, 0.4) is 0 Å². The Morgan fingerprint density at radius 1 is 0.857 bits per heavy atom.